The molecular weight excluding hydrogens is 973 g/mol. The van der Waals surface area contributed by atoms with E-state index in [1.165, 1.54) is 308 Å². The van der Waals surface area contributed by atoms with Gasteiger partial charge in [-0.3, -0.25) is 14.4 Å². The summed E-state index contributed by atoms with van der Waals surface area (Å²) in [5.74, 6) is -0.839. The molecule has 1 unspecified atom stereocenters. The zero-order valence-corrected chi connectivity index (χ0v) is 53.7. The second kappa shape index (κ2) is 68.4. The minimum absolute atomic E-state index is 0.0673. The fourth-order valence-corrected chi connectivity index (χ4v) is 11.0. The molecule has 0 saturated heterocycles. The summed E-state index contributed by atoms with van der Waals surface area (Å²) in [4.78, 5) is 38.5. The number of allylic oxidation sites excluding steroid dienone is 4. The molecule has 0 fully saturated rings. The molecule has 1 atom stereocenters. The van der Waals surface area contributed by atoms with Gasteiger partial charge >= 0.3 is 17.9 Å². The number of hydrogen-bond donors (Lipinski definition) is 0. The van der Waals surface area contributed by atoms with Gasteiger partial charge in [-0.1, -0.05) is 340 Å². The second-order valence-corrected chi connectivity index (χ2v) is 24.5. The molecule has 0 N–H and O–H groups in total. The Hall–Kier alpha value is -2.11. The van der Waals surface area contributed by atoms with Gasteiger partial charge in [-0.2, -0.15) is 0 Å². The SMILES string of the molecule is CCCCCCCCC/C=C\CCCCCCCCCC(=O)OCC(COC(=O)CCCCCCCCCCCCC/C=C\CCCCCCCCCC)OC(=O)CCCCCCCCCCCCCCCCCCCCCC. The molecule has 0 aliphatic rings. The summed E-state index contributed by atoms with van der Waals surface area (Å²) in [6.45, 7) is 6.72. The molecule has 0 aromatic carbocycles. The lowest BCUT2D eigenvalue weighted by Gasteiger charge is -2.18. The second-order valence-electron chi connectivity index (χ2n) is 24.5. The largest absolute Gasteiger partial charge is 0.462 e. The number of carbonyl (C=O) groups excluding carboxylic acids is 3. The lowest BCUT2D eigenvalue weighted by molar-refractivity contribution is -0.167. The minimum atomic E-state index is -0.771. The molecule has 0 spiro atoms. The highest BCUT2D eigenvalue weighted by molar-refractivity contribution is 5.71. The number of rotatable bonds is 67. The number of unbranched alkanes of at least 4 members (excludes halogenated alkanes) is 52. The predicted octanol–water partition coefficient (Wildman–Crippen LogP) is 24.6. The van der Waals surface area contributed by atoms with Crippen LogP contribution < -0.4 is 0 Å². The Kier molecular flexibility index (Phi) is 66.6. The van der Waals surface area contributed by atoms with Gasteiger partial charge in [0.2, 0.25) is 0 Å². The van der Waals surface area contributed by atoms with E-state index in [2.05, 4.69) is 45.1 Å². The Labute approximate surface area is 493 Å². The molecule has 0 aromatic rings. The van der Waals surface area contributed by atoms with Crippen molar-refractivity contribution in [2.45, 2.75) is 412 Å². The van der Waals surface area contributed by atoms with Gasteiger partial charge in [-0.15, -0.1) is 0 Å². The molecule has 6 heteroatoms. The quantitative estimate of drug-likeness (QED) is 0.0261. The Bertz CT molecular complexity index is 1270. The maximum absolute atomic E-state index is 13.0. The number of esters is 3. The van der Waals surface area contributed by atoms with Crippen molar-refractivity contribution in [1.82, 2.24) is 0 Å². The van der Waals surface area contributed by atoms with E-state index in [0.29, 0.717) is 19.3 Å². The summed E-state index contributed by atoms with van der Waals surface area (Å²) in [7, 11) is 0. The van der Waals surface area contributed by atoms with Crippen LogP contribution in [0.15, 0.2) is 24.3 Å². The van der Waals surface area contributed by atoms with Crippen LogP contribution in [0.1, 0.15) is 406 Å². The number of carbonyl (C=O) groups is 3. The van der Waals surface area contributed by atoms with Crippen molar-refractivity contribution in [3.8, 4) is 0 Å². The van der Waals surface area contributed by atoms with Gasteiger partial charge in [0.05, 0.1) is 0 Å². The molecule has 0 rings (SSSR count). The van der Waals surface area contributed by atoms with Crippen LogP contribution >= 0.6 is 0 Å². The molecular formula is C73H138O6. The summed E-state index contributed by atoms with van der Waals surface area (Å²) in [5, 5.41) is 0. The summed E-state index contributed by atoms with van der Waals surface area (Å²) in [6.07, 6.45) is 83.4. The summed E-state index contributed by atoms with van der Waals surface area (Å²) in [5.41, 5.74) is 0. The van der Waals surface area contributed by atoms with Gasteiger partial charge < -0.3 is 14.2 Å². The van der Waals surface area contributed by atoms with E-state index >= 15 is 0 Å². The molecule has 0 radical (unpaired) electrons. The van der Waals surface area contributed by atoms with E-state index < -0.39 is 6.10 Å². The van der Waals surface area contributed by atoms with E-state index in [0.717, 1.165) is 57.8 Å². The van der Waals surface area contributed by atoms with Crippen LogP contribution in [0.2, 0.25) is 0 Å². The highest BCUT2D eigenvalue weighted by Crippen LogP contribution is 2.19. The topological polar surface area (TPSA) is 78.9 Å². The third kappa shape index (κ3) is 66.6. The molecule has 0 aliphatic heterocycles. The smallest absolute Gasteiger partial charge is 0.306 e. The minimum Gasteiger partial charge on any atom is -0.462 e. The first-order valence-electron chi connectivity index (χ1n) is 35.8. The first-order valence-corrected chi connectivity index (χ1v) is 35.8. The van der Waals surface area contributed by atoms with E-state index in [1.54, 1.807) is 0 Å². The number of hydrogen-bond acceptors (Lipinski definition) is 6. The highest BCUT2D eigenvalue weighted by atomic mass is 16.6. The lowest BCUT2D eigenvalue weighted by Crippen LogP contribution is -2.30. The maximum atomic E-state index is 13.0. The summed E-state index contributed by atoms with van der Waals surface area (Å²) < 4.78 is 17.0. The fraction of sp³-hybridized carbons (Fsp3) is 0.904. The molecule has 0 aromatic heterocycles. The zero-order chi connectivity index (χ0) is 57.1. The van der Waals surface area contributed by atoms with Crippen LogP contribution in [0.5, 0.6) is 0 Å². The standard InChI is InChI=1S/C73H138O6/c1-4-7-10-13-16-19-22-25-28-31-34-36-37-38-40-42-45-48-51-54-57-60-63-66-72(75)78-69-70(68-77-71(74)65-62-59-56-53-50-47-44-41-33-30-27-24-21-18-15-12-9-6-3)79-73(76)67-64-61-58-55-52-49-46-43-39-35-32-29-26-23-20-17-14-11-8-5-2/h30-31,33-34,70H,4-29,32,35-69H2,1-3H3/b33-30-,34-31-. The van der Waals surface area contributed by atoms with Crippen LogP contribution in [0.3, 0.4) is 0 Å². The lowest BCUT2D eigenvalue weighted by atomic mass is 10.0. The Balaban J connectivity index is 4.30. The Morgan fingerprint density at radius 2 is 0.418 bits per heavy atom. The zero-order valence-electron chi connectivity index (χ0n) is 53.7. The van der Waals surface area contributed by atoms with Crippen LogP contribution in [-0.4, -0.2) is 37.2 Å². The van der Waals surface area contributed by atoms with Gasteiger partial charge in [0.1, 0.15) is 13.2 Å². The van der Waals surface area contributed by atoms with Crippen LogP contribution in [0.25, 0.3) is 0 Å². The average Bonchev–Trinajstić information content (AvgIpc) is 3.45. The van der Waals surface area contributed by atoms with Gasteiger partial charge in [-0.25, -0.2) is 0 Å². The molecule has 0 saturated carbocycles. The van der Waals surface area contributed by atoms with Crippen molar-refractivity contribution in [3.63, 3.8) is 0 Å². The first-order chi connectivity index (χ1) is 39.0. The van der Waals surface area contributed by atoms with Crippen LogP contribution in [0, 0.1) is 0 Å². The van der Waals surface area contributed by atoms with E-state index in [9.17, 15) is 14.4 Å². The highest BCUT2D eigenvalue weighted by Gasteiger charge is 2.19. The third-order valence-electron chi connectivity index (χ3n) is 16.4. The third-order valence-corrected chi connectivity index (χ3v) is 16.4. The van der Waals surface area contributed by atoms with Crippen LogP contribution in [-0.2, 0) is 28.6 Å². The fourth-order valence-electron chi connectivity index (χ4n) is 11.0. The molecule has 0 aliphatic carbocycles. The summed E-state index contributed by atoms with van der Waals surface area (Å²) in [6, 6.07) is 0. The van der Waals surface area contributed by atoms with Crippen molar-refractivity contribution in [2.24, 2.45) is 0 Å². The first kappa shape index (κ1) is 76.9. The van der Waals surface area contributed by atoms with Crippen LogP contribution in [0.4, 0.5) is 0 Å². The van der Waals surface area contributed by atoms with Gasteiger partial charge in [0.25, 0.3) is 0 Å². The molecule has 0 heterocycles. The Morgan fingerprint density at radius 3 is 0.633 bits per heavy atom. The van der Waals surface area contributed by atoms with Crippen molar-refractivity contribution in [2.75, 3.05) is 13.2 Å². The molecule has 6 nitrogen and oxygen atoms in total. The maximum Gasteiger partial charge on any atom is 0.306 e. The van der Waals surface area contributed by atoms with E-state index in [4.69, 9.17) is 14.2 Å². The van der Waals surface area contributed by atoms with Gasteiger partial charge in [0.15, 0.2) is 6.10 Å². The van der Waals surface area contributed by atoms with Crippen molar-refractivity contribution >= 4 is 17.9 Å². The molecule has 0 bridgehead atoms. The molecule has 79 heavy (non-hydrogen) atoms. The average molecular weight is 1110 g/mol. The molecule has 466 valence electrons. The number of ether oxygens (including phenoxy) is 3. The summed E-state index contributed by atoms with van der Waals surface area (Å²) >= 11 is 0. The van der Waals surface area contributed by atoms with Gasteiger partial charge in [-0.05, 0) is 70.6 Å². The predicted molar refractivity (Wildman–Crippen MR) is 344 cm³/mol. The van der Waals surface area contributed by atoms with Crippen molar-refractivity contribution in [1.29, 1.82) is 0 Å². The van der Waals surface area contributed by atoms with E-state index in [-0.39, 0.29) is 31.1 Å². The Morgan fingerprint density at radius 1 is 0.241 bits per heavy atom. The van der Waals surface area contributed by atoms with Gasteiger partial charge in [0, 0.05) is 19.3 Å². The van der Waals surface area contributed by atoms with Crippen molar-refractivity contribution < 1.29 is 28.6 Å². The van der Waals surface area contributed by atoms with E-state index in [1.807, 2.05) is 0 Å². The monoisotopic (exact) mass is 1110 g/mol. The normalized spacial score (nSPS) is 12.1. The molecule has 0 amide bonds. The van der Waals surface area contributed by atoms with Crippen molar-refractivity contribution in [3.05, 3.63) is 24.3 Å².